The quantitative estimate of drug-likeness (QED) is 0.451. The molecule has 0 unspecified atom stereocenters. The molecule has 0 spiro atoms. The average molecular weight is 283 g/mol. The summed E-state index contributed by atoms with van der Waals surface area (Å²) >= 11 is 0. The summed E-state index contributed by atoms with van der Waals surface area (Å²) in [5.74, 6) is 0.399. The highest BCUT2D eigenvalue weighted by molar-refractivity contribution is 5.95. The fraction of sp³-hybridized carbons (Fsp3) is 0. The topological polar surface area (TPSA) is 98.3 Å². The second kappa shape index (κ2) is 5.04. The highest BCUT2D eigenvalue weighted by atomic mass is 16.6. The van der Waals surface area contributed by atoms with Gasteiger partial charge in [-0.15, -0.1) is 0 Å². The molecule has 0 fully saturated rings. The van der Waals surface area contributed by atoms with Crippen LogP contribution in [0.5, 0.6) is 0 Å². The highest BCUT2D eigenvalue weighted by Gasteiger charge is 2.24. The van der Waals surface area contributed by atoms with Crippen molar-refractivity contribution in [1.82, 2.24) is 4.98 Å². The van der Waals surface area contributed by atoms with E-state index < -0.39 is 16.2 Å². The second-order valence-corrected chi connectivity index (χ2v) is 4.21. The average Bonchev–Trinajstić information content (AvgIpc) is 2.47. The first-order chi connectivity index (χ1) is 10.2. The predicted octanol–water partition coefficient (Wildman–Crippen LogP) is 2.84. The molecule has 0 saturated carbocycles. The number of para-hydroxylation sites is 1. The third kappa shape index (κ3) is 2.32. The molecule has 7 nitrogen and oxygen atoms in total. The summed E-state index contributed by atoms with van der Waals surface area (Å²) in [6.45, 7) is 0. The number of rotatable bonds is 3. The maximum Gasteiger partial charge on any atom is 0.417 e. The molecule has 3 aromatic rings. The summed E-state index contributed by atoms with van der Waals surface area (Å²) in [6.07, 6.45) is 1.54. The zero-order valence-corrected chi connectivity index (χ0v) is 10.6. The molecule has 3 rings (SSSR count). The Morgan fingerprint density at radius 3 is 2.62 bits per heavy atom. The normalized spacial score (nSPS) is 10.5. The van der Waals surface area contributed by atoms with Crippen molar-refractivity contribution in [2.75, 3.05) is 5.32 Å². The van der Waals surface area contributed by atoms with Crippen molar-refractivity contribution in [3.8, 4) is 0 Å². The summed E-state index contributed by atoms with van der Waals surface area (Å²) in [6, 6.07) is 11.7. The number of nitrogens with zero attached hydrogens (tertiary/aromatic N) is 2. The summed E-state index contributed by atoms with van der Waals surface area (Å²) in [5, 5.41) is 14.4. The Morgan fingerprint density at radius 2 is 1.90 bits per heavy atom. The van der Waals surface area contributed by atoms with Gasteiger partial charge >= 0.3 is 11.3 Å². The largest absolute Gasteiger partial charge is 0.418 e. The Bertz CT molecular complexity index is 874. The van der Waals surface area contributed by atoms with Crippen molar-refractivity contribution in [3.63, 3.8) is 0 Å². The van der Waals surface area contributed by atoms with E-state index in [0.29, 0.717) is 11.2 Å². The first-order valence-electron chi connectivity index (χ1n) is 6.05. The van der Waals surface area contributed by atoms with E-state index in [1.807, 2.05) is 0 Å². The Labute approximate surface area is 118 Å². The van der Waals surface area contributed by atoms with Gasteiger partial charge in [0.25, 0.3) is 0 Å². The molecule has 0 amide bonds. The SMILES string of the molecule is O=c1oc2ccccc2c(Nc2ccccn2)c1[N+](=O)[O-]. The lowest BCUT2D eigenvalue weighted by Crippen LogP contribution is -2.10. The van der Waals surface area contributed by atoms with Crippen LogP contribution >= 0.6 is 0 Å². The van der Waals surface area contributed by atoms with Gasteiger partial charge in [-0.3, -0.25) is 10.1 Å². The molecule has 21 heavy (non-hydrogen) atoms. The van der Waals surface area contributed by atoms with Crippen LogP contribution in [0.4, 0.5) is 17.2 Å². The van der Waals surface area contributed by atoms with Crippen molar-refractivity contribution in [2.24, 2.45) is 0 Å². The van der Waals surface area contributed by atoms with Crippen LogP contribution in [0.15, 0.2) is 57.9 Å². The van der Waals surface area contributed by atoms with Gasteiger partial charge in [0.15, 0.2) is 0 Å². The predicted molar refractivity (Wildman–Crippen MR) is 76.7 cm³/mol. The molecular formula is C14H9N3O4. The summed E-state index contributed by atoms with van der Waals surface area (Å²) < 4.78 is 4.97. The van der Waals surface area contributed by atoms with Gasteiger partial charge < -0.3 is 9.73 Å². The maximum absolute atomic E-state index is 11.8. The van der Waals surface area contributed by atoms with Gasteiger partial charge in [-0.2, -0.15) is 0 Å². The molecule has 0 radical (unpaired) electrons. The lowest BCUT2D eigenvalue weighted by Gasteiger charge is -2.08. The summed E-state index contributed by atoms with van der Waals surface area (Å²) in [5.41, 5.74) is -1.30. The van der Waals surface area contributed by atoms with Gasteiger partial charge in [0.1, 0.15) is 17.1 Å². The van der Waals surface area contributed by atoms with Crippen molar-refractivity contribution < 1.29 is 9.34 Å². The second-order valence-electron chi connectivity index (χ2n) is 4.21. The van der Waals surface area contributed by atoms with Crippen LogP contribution in [-0.4, -0.2) is 9.91 Å². The number of benzene rings is 1. The lowest BCUT2D eigenvalue weighted by atomic mass is 10.2. The van der Waals surface area contributed by atoms with Crippen molar-refractivity contribution in [1.29, 1.82) is 0 Å². The molecule has 0 aliphatic rings. The molecule has 104 valence electrons. The fourth-order valence-corrected chi connectivity index (χ4v) is 2.00. The van der Waals surface area contributed by atoms with Gasteiger partial charge in [-0.25, -0.2) is 9.78 Å². The molecule has 7 heteroatoms. The van der Waals surface area contributed by atoms with Crippen LogP contribution in [0.3, 0.4) is 0 Å². The molecule has 2 heterocycles. The maximum atomic E-state index is 11.8. The molecule has 0 bridgehead atoms. The smallest absolute Gasteiger partial charge is 0.417 e. The van der Waals surface area contributed by atoms with Crippen LogP contribution in [0.1, 0.15) is 0 Å². The van der Waals surface area contributed by atoms with E-state index in [-0.39, 0.29) is 11.3 Å². The van der Waals surface area contributed by atoms with Gasteiger partial charge in [0, 0.05) is 11.6 Å². The molecule has 0 atom stereocenters. The Hall–Kier alpha value is -3.22. The lowest BCUT2D eigenvalue weighted by molar-refractivity contribution is -0.386. The molecule has 1 aromatic carbocycles. The van der Waals surface area contributed by atoms with Gasteiger partial charge in [-0.1, -0.05) is 18.2 Å². The minimum atomic E-state index is -1.00. The first-order valence-corrected chi connectivity index (χ1v) is 6.05. The summed E-state index contributed by atoms with van der Waals surface area (Å²) in [4.78, 5) is 26.3. The van der Waals surface area contributed by atoms with Crippen LogP contribution < -0.4 is 10.9 Å². The highest BCUT2D eigenvalue weighted by Crippen LogP contribution is 2.31. The van der Waals surface area contributed by atoms with E-state index in [2.05, 4.69) is 10.3 Å². The van der Waals surface area contributed by atoms with Crippen molar-refractivity contribution in [2.45, 2.75) is 0 Å². The summed E-state index contributed by atoms with van der Waals surface area (Å²) in [7, 11) is 0. The van der Waals surface area contributed by atoms with E-state index in [0.717, 1.165) is 0 Å². The molecular weight excluding hydrogens is 274 g/mol. The Morgan fingerprint density at radius 1 is 1.14 bits per heavy atom. The van der Waals surface area contributed by atoms with Crippen LogP contribution in [0, 0.1) is 10.1 Å². The molecule has 0 saturated heterocycles. The third-order valence-electron chi connectivity index (χ3n) is 2.89. The van der Waals surface area contributed by atoms with Crippen LogP contribution in [0.25, 0.3) is 11.0 Å². The van der Waals surface area contributed by atoms with Crippen LogP contribution in [0.2, 0.25) is 0 Å². The Balaban J connectivity index is 2.29. The zero-order chi connectivity index (χ0) is 14.8. The third-order valence-corrected chi connectivity index (χ3v) is 2.89. The fourth-order valence-electron chi connectivity index (χ4n) is 2.00. The minimum Gasteiger partial charge on any atom is -0.418 e. The number of nitro groups is 1. The number of fused-ring (bicyclic) bond motifs is 1. The number of anilines is 2. The van der Waals surface area contributed by atoms with Crippen LogP contribution in [-0.2, 0) is 0 Å². The van der Waals surface area contributed by atoms with E-state index in [1.54, 1.807) is 48.7 Å². The standard InChI is InChI=1S/C14H9N3O4/c18-14-13(17(19)20)12(16-11-7-3-4-8-15-11)9-5-1-2-6-10(9)21-14/h1-8H,(H,15,16). The number of hydrogen-bond donors (Lipinski definition) is 1. The van der Waals surface area contributed by atoms with Gasteiger partial charge in [0.2, 0.25) is 0 Å². The van der Waals surface area contributed by atoms with Gasteiger partial charge in [0.05, 0.1) is 4.92 Å². The molecule has 0 aliphatic heterocycles. The number of aromatic nitrogens is 1. The Kier molecular flexibility index (Phi) is 3.07. The molecule has 1 N–H and O–H groups in total. The molecule has 0 aliphatic carbocycles. The number of hydrogen-bond acceptors (Lipinski definition) is 6. The van der Waals surface area contributed by atoms with Gasteiger partial charge in [-0.05, 0) is 24.3 Å². The zero-order valence-electron chi connectivity index (χ0n) is 10.6. The number of pyridine rings is 1. The van der Waals surface area contributed by atoms with E-state index >= 15 is 0 Å². The molecule has 2 aromatic heterocycles. The van der Waals surface area contributed by atoms with E-state index in [4.69, 9.17) is 4.42 Å². The number of nitrogens with one attached hydrogen (secondary N) is 1. The monoisotopic (exact) mass is 283 g/mol. The minimum absolute atomic E-state index is 0.0746. The first kappa shape index (κ1) is 12.8. The van der Waals surface area contributed by atoms with E-state index in [9.17, 15) is 14.9 Å². The van der Waals surface area contributed by atoms with E-state index in [1.165, 1.54) is 0 Å². The van der Waals surface area contributed by atoms with Crippen molar-refractivity contribution in [3.05, 3.63) is 69.2 Å². The van der Waals surface area contributed by atoms with Crippen molar-refractivity contribution >= 4 is 28.2 Å².